The number of nitrogens with one attached hydrogen (secondary N) is 1. The van der Waals surface area contributed by atoms with E-state index in [0.29, 0.717) is 5.82 Å². The lowest BCUT2D eigenvalue weighted by molar-refractivity contribution is 0.414. The van der Waals surface area contributed by atoms with E-state index in [2.05, 4.69) is 27.4 Å². The minimum Gasteiger partial charge on any atom is -0.497 e. The molecular weight excluding hydrogens is 269 g/mol. The molecule has 0 bridgehead atoms. The van der Waals surface area contributed by atoms with Gasteiger partial charge in [0.1, 0.15) is 17.9 Å². The molecule has 0 fully saturated rings. The van der Waals surface area contributed by atoms with Gasteiger partial charge >= 0.3 is 0 Å². The van der Waals surface area contributed by atoms with Crippen molar-refractivity contribution in [2.75, 3.05) is 12.4 Å². The predicted molar refractivity (Wildman–Crippen MR) is 79.0 cm³/mol. The first kappa shape index (κ1) is 13.8. The molecule has 1 aromatic heterocycles. The van der Waals surface area contributed by atoms with Crippen LogP contribution in [0.15, 0.2) is 30.6 Å². The van der Waals surface area contributed by atoms with Crippen LogP contribution in [0.2, 0.25) is 0 Å². The number of anilines is 1. The van der Waals surface area contributed by atoms with Gasteiger partial charge in [-0.2, -0.15) is 4.39 Å². The zero-order chi connectivity index (χ0) is 14.7. The van der Waals surface area contributed by atoms with E-state index >= 15 is 0 Å². The van der Waals surface area contributed by atoms with Crippen LogP contribution in [-0.4, -0.2) is 23.1 Å². The topological polar surface area (TPSA) is 47.0 Å². The first-order valence-corrected chi connectivity index (χ1v) is 7.14. The fraction of sp³-hybridized carbons (Fsp3) is 0.375. The summed E-state index contributed by atoms with van der Waals surface area (Å²) in [5.74, 6) is 0.907. The molecule has 0 aliphatic heterocycles. The molecule has 0 amide bonds. The molecule has 0 saturated carbocycles. The molecule has 0 spiro atoms. The Morgan fingerprint density at radius 2 is 2.14 bits per heavy atom. The van der Waals surface area contributed by atoms with Crippen molar-refractivity contribution in [1.82, 2.24) is 9.97 Å². The van der Waals surface area contributed by atoms with E-state index in [-0.39, 0.29) is 6.04 Å². The number of ether oxygens (including phenoxy) is 1. The predicted octanol–water partition coefficient (Wildman–Crippen LogP) is 2.98. The van der Waals surface area contributed by atoms with Gasteiger partial charge in [0.25, 0.3) is 0 Å². The summed E-state index contributed by atoms with van der Waals surface area (Å²) < 4.78 is 18.4. The van der Waals surface area contributed by atoms with Crippen molar-refractivity contribution < 1.29 is 9.13 Å². The summed E-state index contributed by atoms with van der Waals surface area (Å²) in [5.41, 5.74) is 2.66. The zero-order valence-electron chi connectivity index (χ0n) is 12.0. The monoisotopic (exact) mass is 287 g/mol. The molecule has 1 heterocycles. The van der Waals surface area contributed by atoms with Gasteiger partial charge in [0.05, 0.1) is 7.11 Å². The molecule has 3 rings (SSSR count). The first-order valence-electron chi connectivity index (χ1n) is 7.14. The Kier molecular flexibility index (Phi) is 3.99. The average molecular weight is 287 g/mol. The second kappa shape index (κ2) is 6.08. The van der Waals surface area contributed by atoms with E-state index in [1.54, 1.807) is 7.11 Å². The minimum absolute atomic E-state index is 0.243. The van der Waals surface area contributed by atoms with Gasteiger partial charge in [0.2, 0.25) is 5.95 Å². The summed E-state index contributed by atoms with van der Waals surface area (Å²) in [6.07, 6.45) is 5.33. The Balaban J connectivity index is 1.78. The highest BCUT2D eigenvalue weighted by Gasteiger charge is 2.17. The summed E-state index contributed by atoms with van der Waals surface area (Å²) in [4.78, 5) is 7.54. The van der Waals surface area contributed by atoms with Gasteiger partial charge in [-0.05, 0) is 48.9 Å². The van der Waals surface area contributed by atoms with E-state index < -0.39 is 5.95 Å². The number of benzene rings is 1. The number of fused-ring (bicyclic) bond motifs is 1. The molecule has 0 radical (unpaired) electrons. The fourth-order valence-electron chi connectivity index (χ4n) is 2.81. The Bertz CT molecular complexity index is 633. The van der Waals surface area contributed by atoms with Gasteiger partial charge < -0.3 is 10.1 Å². The van der Waals surface area contributed by atoms with Crippen LogP contribution in [0.3, 0.4) is 0 Å². The van der Waals surface area contributed by atoms with Crippen molar-refractivity contribution in [2.24, 2.45) is 0 Å². The number of halogens is 1. The van der Waals surface area contributed by atoms with Gasteiger partial charge in [-0.3, -0.25) is 0 Å². The molecule has 2 aromatic rings. The van der Waals surface area contributed by atoms with E-state index in [0.717, 1.165) is 31.4 Å². The third-order valence-electron chi connectivity index (χ3n) is 3.86. The molecule has 1 aromatic carbocycles. The van der Waals surface area contributed by atoms with Gasteiger partial charge in [0.15, 0.2) is 0 Å². The summed E-state index contributed by atoms with van der Waals surface area (Å²) in [6, 6.07) is 7.81. The van der Waals surface area contributed by atoms with Crippen molar-refractivity contribution in [3.63, 3.8) is 0 Å². The number of hydrogen-bond donors (Lipinski definition) is 1. The van der Waals surface area contributed by atoms with E-state index in [4.69, 9.17) is 4.74 Å². The minimum atomic E-state index is -0.511. The summed E-state index contributed by atoms with van der Waals surface area (Å²) >= 11 is 0. The number of methoxy groups -OCH3 is 1. The van der Waals surface area contributed by atoms with E-state index in [9.17, 15) is 4.39 Å². The Morgan fingerprint density at radius 3 is 2.95 bits per heavy atom. The van der Waals surface area contributed by atoms with Crippen LogP contribution in [0.25, 0.3) is 0 Å². The van der Waals surface area contributed by atoms with Crippen molar-refractivity contribution in [3.8, 4) is 5.75 Å². The standard InChI is InChI=1S/C16H18FN3O/c1-21-14-6-5-11-3-2-4-13(7-12(11)8-14)20-16-9-15(17)18-10-19-16/h5-6,8-10,13H,2-4,7H2,1H3,(H,18,19,20). The highest BCUT2D eigenvalue weighted by Crippen LogP contribution is 2.26. The molecular formula is C16H18FN3O. The third kappa shape index (κ3) is 3.29. The Morgan fingerprint density at radius 1 is 1.24 bits per heavy atom. The van der Waals surface area contributed by atoms with Crippen LogP contribution in [0.5, 0.6) is 5.75 Å². The SMILES string of the molecule is COc1ccc2c(c1)CC(Nc1cc(F)ncn1)CCC2. The molecule has 110 valence electrons. The normalized spacial score (nSPS) is 17.7. The maximum atomic E-state index is 13.1. The third-order valence-corrected chi connectivity index (χ3v) is 3.86. The maximum absolute atomic E-state index is 13.1. The van der Waals surface area contributed by atoms with E-state index in [1.807, 2.05) is 6.07 Å². The van der Waals surface area contributed by atoms with Crippen LogP contribution in [0, 0.1) is 5.95 Å². The van der Waals surface area contributed by atoms with Crippen molar-refractivity contribution >= 4 is 5.82 Å². The number of rotatable bonds is 3. The van der Waals surface area contributed by atoms with Crippen molar-refractivity contribution in [1.29, 1.82) is 0 Å². The van der Waals surface area contributed by atoms with Gasteiger partial charge in [-0.15, -0.1) is 0 Å². The average Bonchev–Trinajstić information content (AvgIpc) is 2.68. The number of hydrogen-bond acceptors (Lipinski definition) is 4. The van der Waals surface area contributed by atoms with Crippen LogP contribution in [0.4, 0.5) is 10.2 Å². The van der Waals surface area contributed by atoms with Gasteiger partial charge in [-0.1, -0.05) is 6.07 Å². The van der Waals surface area contributed by atoms with Gasteiger partial charge in [-0.25, -0.2) is 9.97 Å². The highest BCUT2D eigenvalue weighted by molar-refractivity contribution is 5.40. The molecule has 1 atom stereocenters. The Labute approximate surface area is 123 Å². The lowest BCUT2D eigenvalue weighted by Crippen LogP contribution is -2.22. The fourth-order valence-corrected chi connectivity index (χ4v) is 2.81. The lowest BCUT2D eigenvalue weighted by atomic mass is 10.0. The molecule has 21 heavy (non-hydrogen) atoms. The second-order valence-corrected chi connectivity index (χ2v) is 5.30. The zero-order valence-corrected chi connectivity index (χ0v) is 12.0. The molecule has 0 saturated heterocycles. The summed E-state index contributed by atoms with van der Waals surface area (Å²) in [7, 11) is 1.68. The molecule has 1 aliphatic carbocycles. The van der Waals surface area contributed by atoms with Crippen molar-refractivity contribution in [3.05, 3.63) is 47.7 Å². The van der Waals surface area contributed by atoms with Crippen LogP contribution >= 0.6 is 0 Å². The molecule has 5 heteroatoms. The quantitative estimate of drug-likeness (QED) is 0.696. The largest absolute Gasteiger partial charge is 0.497 e. The molecule has 1 unspecified atom stereocenters. The number of nitrogens with zero attached hydrogens (tertiary/aromatic N) is 2. The number of aryl methyl sites for hydroxylation is 1. The lowest BCUT2D eigenvalue weighted by Gasteiger charge is -2.17. The highest BCUT2D eigenvalue weighted by atomic mass is 19.1. The van der Waals surface area contributed by atoms with Crippen LogP contribution in [0.1, 0.15) is 24.0 Å². The van der Waals surface area contributed by atoms with Gasteiger partial charge in [0, 0.05) is 12.1 Å². The molecule has 1 N–H and O–H groups in total. The Hall–Kier alpha value is -2.17. The molecule has 1 aliphatic rings. The second-order valence-electron chi connectivity index (χ2n) is 5.30. The molecule has 4 nitrogen and oxygen atoms in total. The van der Waals surface area contributed by atoms with E-state index in [1.165, 1.54) is 23.5 Å². The smallest absolute Gasteiger partial charge is 0.217 e. The summed E-state index contributed by atoms with van der Waals surface area (Å²) in [5, 5.41) is 3.31. The maximum Gasteiger partial charge on any atom is 0.217 e. The van der Waals surface area contributed by atoms with Crippen molar-refractivity contribution in [2.45, 2.75) is 31.7 Å². The van der Waals surface area contributed by atoms with Crippen LogP contribution in [-0.2, 0) is 12.8 Å². The number of aromatic nitrogens is 2. The summed E-state index contributed by atoms with van der Waals surface area (Å²) in [6.45, 7) is 0. The van der Waals surface area contributed by atoms with Crippen LogP contribution < -0.4 is 10.1 Å². The first-order chi connectivity index (χ1) is 10.2.